The van der Waals surface area contributed by atoms with Crippen LogP contribution < -0.4 is 5.32 Å². The summed E-state index contributed by atoms with van der Waals surface area (Å²) in [6.45, 7) is -0.346. The molecule has 0 atom stereocenters. The molecule has 0 unspecified atom stereocenters. The normalized spacial score (nSPS) is 16.4. The summed E-state index contributed by atoms with van der Waals surface area (Å²) < 4.78 is 5.50. The Kier molecular flexibility index (Phi) is 5.34. The zero-order valence-electron chi connectivity index (χ0n) is 11.3. The van der Waals surface area contributed by atoms with Crippen LogP contribution in [-0.2, 0) is 14.4 Å². The second-order valence-corrected chi connectivity index (χ2v) is 5.95. The molecule has 1 aliphatic heterocycles. The third-order valence-corrected chi connectivity index (χ3v) is 4.07. The van der Waals surface area contributed by atoms with Gasteiger partial charge in [-0.1, -0.05) is 24.0 Å². The van der Waals surface area contributed by atoms with E-state index in [1.54, 1.807) is 18.2 Å². The van der Waals surface area contributed by atoms with Crippen LogP contribution in [0, 0.1) is 0 Å². The summed E-state index contributed by atoms with van der Waals surface area (Å²) in [5, 5.41) is 10.7. The van der Waals surface area contributed by atoms with Crippen LogP contribution in [0.1, 0.15) is 12.2 Å². The molecule has 7 nitrogen and oxygen atoms in total. The Hall–Kier alpha value is -2.13. The van der Waals surface area contributed by atoms with Crippen LogP contribution >= 0.6 is 24.0 Å². The Morgan fingerprint density at radius 3 is 2.91 bits per heavy atom. The highest BCUT2D eigenvalue weighted by atomic mass is 32.2. The van der Waals surface area contributed by atoms with E-state index in [2.05, 4.69) is 5.32 Å². The van der Waals surface area contributed by atoms with E-state index in [1.165, 1.54) is 11.2 Å². The highest BCUT2D eigenvalue weighted by Gasteiger charge is 2.32. The molecule has 0 aliphatic carbocycles. The van der Waals surface area contributed by atoms with Gasteiger partial charge in [0.15, 0.2) is 0 Å². The number of aliphatic carboxylic acids is 1. The average Bonchev–Trinajstić information content (AvgIpc) is 3.05. The zero-order chi connectivity index (χ0) is 16.1. The van der Waals surface area contributed by atoms with Crippen molar-refractivity contribution in [2.45, 2.75) is 6.42 Å². The summed E-state index contributed by atoms with van der Waals surface area (Å²) >= 11 is 6.25. The highest BCUT2D eigenvalue weighted by molar-refractivity contribution is 8.26. The van der Waals surface area contributed by atoms with E-state index in [1.807, 2.05) is 0 Å². The summed E-state index contributed by atoms with van der Waals surface area (Å²) in [4.78, 5) is 35.7. The van der Waals surface area contributed by atoms with Gasteiger partial charge in [0, 0.05) is 19.0 Å². The molecule has 0 spiro atoms. The van der Waals surface area contributed by atoms with E-state index in [4.69, 9.17) is 21.7 Å². The minimum atomic E-state index is -1.12. The van der Waals surface area contributed by atoms with Gasteiger partial charge in [-0.2, -0.15) is 0 Å². The third kappa shape index (κ3) is 4.18. The highest BCUT2D eigenvalue weighted by Crippen LogP contribution is 2.32. The first-order valence-corrected chi connectivity index (χ1v) is 7.47. The number of hydrogen-bond donors (Lipinski definition) is 2. The van der Waals surface area contributed by atoms with Crippen molar-refractivity contribution in [2.24, 2.45) is 0 Å². The average molecular weight is 340 g/mol. The van der Waals surface area contributed by atoms with Crippen LogP contribution in [0.3, 0.4) is 0 Å². The molecule has 22 heavy (non-hydrogen) atoms. The second kappa shape index (κ2) is 7.23. The molecule has 2 amide bonds. The number of nitrogens with zero attached hydrogens (tertiary/aromatic N) is 1. The number of furan rings is 1. The second-order valence-electron chi connectivity index (χ2n) is 4.27. The van der Waals surface area contributed by atoms with E-state index in [9.17, 15) is 14.4 Å². The molecule has 0 saturated carbocycles. The molecule has 1 aromatic rings. The Morgan fingerprint density at radius 1 is 1.50 bits per heavy atom. The van der Waals surface area contributed by atoms with Gasteiger partial charge in [0.2, 0.25) is 5.91 Å². The molecular formula is C13H12N2O5S2. The predicted octanol–water partition coefficient (Wildman–Crippen LogP) is 1.07. The van der Waals surface area contributed by atoms with Gasteiger partial charge in [-0.05, 0) is 12.1 Å². The van der Waals surface area contributed by atoms with Crippen molar-refractivity contribution in [1.29, 1.82) is 0 Å². The number of carboxylic acid groups (broad SMARTS) is 1. The van der Waals surface area contributed by atoms with Crippen LogP contribution in [0.2, 0.25) is 0 Å². The summed E-state index contributed by atoms with van der Waals surface area (Å²) in [6, 6.07) is 3.42. The van der Waals surface area contributed by atoms with Crippen molar-refractivity contribution in [3.63, 3.8) is 0 Å². The van der Waals surface area contributed by atoms with Crippen molar-refractivity contribution >= 4 is 52.2 Å². The number of nitrogens with one attached hydrogen (secondary N) is 1. The lowest BCUT2D eigenvalue weighted by molar-refractivity contribution is -0.138. The molecule has 2 heterocycles. The van der Waals surface area contributed by atoms with Gasteiger partial charge < -0.3 is 14.8 Å². The van der Waals surface area contributed by atoms with Gasteiger partial charge in [-0.15, -0.1) is 0 Å². The first kappa shape index (κ1) is 16.2. The Morgan fingerprint density at radius 2 is 2.27 bits per heavy atom. The fraction of sp³-hybridized carbons (Fsp3) is 0.231. The van der Waals surface area contributed by atoms with Crippen LogP contribution in [-0.4, -0.2) is 45.2 Å². The molecule has 0 aromatic carbocycles. The molecular weight excluding hydrogens is 328 g/mol. The standard InChI is InChI=1S/C13H12N2O5S2/c16-10(14-7-11(17)18)3-4-15-12(19)9(22-13(15)21)6-8-2-1-5-20-8/h1-2,5-6H,3-4,7H2,(H,14,16)(H,17,18)/b9-6-. The Balaban J connectivity index is 1.92. The molecule has 1 aliphatic rings. The quantitative estimate of drug-likeness (QED) is 0.590. The minimum Gasteiger partial charge on any atom is -0.480 e. The fourth-order valence-corrected chi connectivity index (χ4v) is 2.96. The predicted molar refractivity (Wildman–Crippen MR) is 83.8 cm³/mol. The maximum absolute atomic E-state index is 12.2. The van der Waals surface area contributed by atoms with Crippen molar-refractivity contribution in [1.82, 2.24) is 10.2 Å². The lowest BCUT2D eigenvalue weighted by atomic mass is 10.3. The number of thioether (sulfide) groups is 1. The summed E-state index contributed by atoms with van der Waals surface area (Å²) in [5.74, 6) is -1.33. The zero-order valence-corrected chi connectivity index (χ0v) is 12.9. The van der Waals surface area contributed by atoms with Gasteiger partial charge >= 0.3 is 5.97 Å². The van der Waals surface area contributed by atoms with Crippen molar-refractivity contribution < 1.29 is 23.9 Å². The number of carboxylic acids is 1. The monoisotopic (exact) mass is 340 g/mol. The molecule has 2 N–H and O–H groups in total. The molecule has 116 valence electrons. The molecule has 0 bridgehead atoms. The van der Waals surface area contributed by atoms with E-state index in [0.29, 0.717) is 15.0 Å². The number of amides is 2. The largest absolute Gasteiger partial charge is 0.480 e. The number of hydrogen-bond acceptors (Lipinski definition) is 6. The minimum absolute atomic E-state index is 0.0201. The summed E-state index contributed by atoms with van der Waals surface area (Å²) in [5.41, 5.74) is 0. The summed E-state index contributed by atoms with van der Waals surface area (Å²) in [7, 11) is 0. The van der Waals surface area contributed by atoms with Crippen LogP contribution in [0.5, 0.6) is 0 Å². The van der Waals surface area contributed by atoms with E-state index < -0.39 is 18.4 Å². The van der Waals surface area contributed by atoms with Crippen LogP contribution in [0.25, 0.3) is 6.08 Å². The molecule has 1 fully saturated rings. The van der Waals surface area contributed by atoms with Crippen LogP contribution in [0.15, 0.2) is 27.7 Å². The molecule has 0 radical (unpaired) electrons. The number of carbonyl (C=O) groups is 3. The van der Waals surface area contributed by atoms with Crippen molar-refractivity contribution in [3.8, 4) is 0 Å². The van der Waals surface area contributed by atoms with Gasteiger partial charge in [0.05, 0.1) is 11.2 Å². The van der Waals surface area contributed by atoms with Gasteiger partial charge in [0.25, 0.3) is 5.91 Å². The third-order valence-electron chi connectivity index (χ3n) is 2.69. The maximum atomic E-state index is 12.2. The first-order chi connectivity index (χ1) is 10.5. The molecule has 1 aromatic heterocycles. The lowest BCUT2D eigenvalue weighted by Gasteiger charge is -2.13. The Labute approximate surface area is 135 Å². The van der Waals surface area contributed by atoms with E-state index in [-0.39, 0.29) is 18.9 Å². The molecule has 1 saturated heterocycles. The smallest absolute Gasteiger partial charge is 0.322 e. The van der Waals surface area contributed by atoms with E-state index >= 15 is 0 Å². The van der Waals surface area contributed by atoms with Gasteiger partial charge in [0.1, 0.15) is 16.6 Å². The number of rotatable bonds is 6. The lowest BCUT2D eigenvalue weighted by Crippen LogP contribution is -2.35. The first-order valence-electron chi connectivity index (χ1n) is 6.24. The number of thiocarbonyl (C=S) groups is 1. The van der Waals surface area contributed by atoms with Crippen LogP contribution in [0.4, 0.5) is 0 Å². The topological polar surface area (TPSA) is 99.9 Å². The SMILES string of the molecule is O=C(O)CNC(=O)CCN1C(=O)/C(=C/c2ccco2)SC1=S. The van der Waals surface area contributed by atoms with Gasteiger partial charge in [-0.25, -0.2) is 0 Å². The Bertz CT molecular complexity index is 639. The maximum Gasteiger partial charge on any atom is 0.322 e. The van der Waals surface area contributed by atoms with E-state index in [0.717, 1.165) is 11.8 Å². The molecule has 9 heteroatoms. The molecule has 2 rings (SSSR count). The fourth-order valence-electron chi connectivity index (χ4n) is 1.67. The number of carbonyl (C=O) groups excluding carboxylic acids is 2. The van der Waals surface area contributed by atoms with Crippen molar-refractivity contribution in [3.05, 3.63) is 29.1 Å². The van der Waals surface area contributed by atoms with Crippen molar-refractivity contribution in [2.75, 3.05) is 13.1 Å². The van der Waals surface area contributed by atoms with Gasteiger partial charge in [-0.3, -0.25) is 19.3 Å². The summed E-state index contributed by atoms with van der Waals surface area (Å²) in [6.07, 6.45) is 3.07.